The molecule has 5 rings (SSSR count). The third kappa shape index (κ3) is 4.14. The molecule has 0 bridgehead atoms. The molecule has 162 valence electrons. The molecule has 0 saturated heterocycles. The van der Waals surface area contributed by atoms with Gasteiger partial charge in [-0.3, -0.25) is 4.79 Å². The molecule has 1 heterocycles. The van der Waals surface area contributed by atoms with Crippen molar-refractivity contribution in [2.45, 2.75) is 6.54 Å². The molecule has 0 saturated carbocycles. The fourth-order valence-electron chi connectivity index (χ4n) is 3.95. The monoisotopic (exact) mass is 434 g/mol. The van der Waals surface area contributed by atoms with Crippen molar-refractivity contribution in [2.75, 3.05) is 5.73 Å². The number of carbonyl (C=O) groups is 1. The topological polar surface area (TPSA) is 92.6 Å². The molecule has 4 aromatic carbocycles. The fourth-order valence-corrected chi connectivity index (χ4v) is 3.95. The van der Waals surface area contributed by atoms with Gasteiger partial charge in [0.25, 0.3) is 5.91 Å². The quantitative estimate of drug-likeness (QED) is 0.159. The fraction of sp³-hybridized carbons (Fsp3) is 0.0370. The van der Waals surface area contributed by atoms with E-state index in [2.05, 4.69) is 69.8 Å². The summed E-state index contributed by atoms with van der Waals surface area (Å²) in [7, 11) is 0. The van der Waals surface area contributed by atoms with Crippen molar-refractivity contribution < 1.29 is 9.90 Å². The summed E-state index contributed by atoms with van der Waals surface area (Å²) in [5, 5.41) is 17.1. The van der Waals surface area contributed by atoms with Crippen molar-refractivity contribution in [2.24, 2.45) is 5.10 Å². The molecule has 5 aromatic rings. The van der Waals surface area contributed by atoms with Crippen LogP contribution in [0.25, 0.3) is 21.7 Å². The number of hydrazone groups is 1. The number of phenols is 1. The Kier molecular flexibility index (Phi) is 5.24. The lowest BCUT2D eigenvalue weighted by Gasteiger charge is -2.08. The number of nitrogen functional groups attached to an aromatic ring is 1. The van der Waals surface area contributed by atoms with Gasteiger partial charge >= 0.3 is 0 Å². The van der Waals surface area contributed by atoms with Crippen molar-refractivity contribution in [3.63, 3.8) is 0 Å². The molecule has 0 fully saturated rings. The van der Waals surface area contributed by atoms with Crippen LogP contribution in [-0.4, -0.2) is 21.8 Å². The van der Waals surface area contributed by atoms with Crippen molar-refractivity contribution >= 4 is 39.5 Å². The van der Waals surface area contributed by atoms with Crippen LogP contribution >= 0.6 is 0 Å². The van der Waals surface area contributed by atoms with Crippen LogP contribution in [0.5, 0.6) is 5.75 Å². The first-order valence-electron chi connectivity index (χ1n) is 10.6. The molecule has 6 heteroatoms. The van der Waals surface area contributed by atoms with Crippen molar-refractivity contribution in [3.8, 4) is 5.75 Å². The maximum absolute atomic E-state index is 12.3. The largest absolute Gasteiger partial charge is 0.506 e. The maximum atomic E-state index is 12.3. The summed E-state index contributed by atoms with van der Waals surface area (Å²) in [5.41, 5.74) is 11.8. The van der Waals surface area contributed by atoms with E-state index in [4.69, 9.17) is 5.73 Å². The van der Waals surface area contributed by atoms with E-state index in [0.717, 1.165) is 23.0 Å². The molecule has 0 aliphatic heterocycles. The van der Waals surface area contributed by atoms with Gasteiger partial charge in [-0.1, -0.05) is 48.5 Å². The molecule has 0 atom stereocenters. The predicted molar refractivity (Wildman–Crippen MR) is 133 cm³/mol. The number of aromatic hydroxyl groups is 1. The van der Waals surface area contributed by atoms with Crippen LogP contribution < -0.4 is 11.2 Å². The average Bonchev–Trinajstić information content (AvgIpc) is 3.24. The SMILES string of the molecule is Nc1cc(C(=O)N/N=C/c2cccc3c2ccn3Cc2ccc3ccccc3c2)ccc1O. The molecular weight excluding hydrogens is 412 g/mol. The van der Waals surface area contributed by atoms with Crippen molar-refractivity contribution in [3.05, 3.63) is 108 Å². The smallest absolute Gasteiger partial charge is 0.271 e. The molecule has 0 aliphatic carbocycles. The first kappa shape index (κ1) is 20.3. The van der Waals surface area contributed by atoms with Gasteiger partial charge in [0.15, 0.2) is 0 Å². The first-order chi connectivity index (χ1) is 16.1. The number of carbonyl (C=O) groups excluding carboxylic acids is 1. The zero-order valence-electron chi connectivity index (χ0n) is 17.8. The number of amides is 1. The number of aromatic nitrogens is 1. The third-order valence-corrected chi connectivity index (χ3v) is 5.67. The number of fused-ring (bicyclic) bond motifs is 2. The zero-order chi connectivity index (χ0) is 22.8. The Morgan fingerprint density at radius 3 is 2.67 bits per heavy atom. The van der Waals surface area contributed by atoms with Crippen molar-refractivity contribution in [1.29, 1.82) is 0 Å². The summed E-state index contributed by atoms with van der Waals surface area (Å²) in [4.78, 5) is 12.3. The number of nitrogens with two attached hydrogens (primary N) is 1. The summed E-state index contributed by atoms with van der Waals surface area (Å²) in [6.45, 7) is 0.758. The zero-order valence-corrected chi connectivity index (χ0v) is 17.8. The average molecular weight is 434 g/mol. The van der Waals surface area contributed by atoms with Crippen LogP contribution in [0.4, 0.5) is 5.69 Å². The van der Waals surface area contributed by atoms with Crippen molar-refractivity contribution in [1.82, 2.24) is 9.99 Å². The second kappa shape index (κ2) is 8.51. The van der Waals surface area contributed by atoms with E-state index < -0.39 is 5.91 Å². The van der Waals surface area contributed by atoms with E-state index in [0.29, 0.717) is 5.56 Å². The highest BCUT2D eigenvalue weighted by atomic mass is 16.3. The number of rotatable bonds is 5. The van der Waals surface area contributed by atoms with E-state index in [1.165, 1.54) is 34.5 Å². The van der Waals surface area contributed by atoms with Gasteiger partial charge in [-0.2, -0.15) is 5.10 Å². The van der Waals surface area contributed by atoms with E-state index in [9.17, 15) is 9.90 Å². The minimum absolute atomic E-state index is 0.0602. The van der Waals surface area contributed by atoms with Crippen LogP contribution in [0.3, 0.4) is 0 Å². The number of benzene rings is 4. The highest BCUT2D eigenvalue weighted by Gasteiger charge is 2.08. The maximum Gasteiger partial charge on any atom is 0.271 e. The van der Waals surface area contributed by atoms with Gasteiger partial charge < -0.3 is 15.4 Å². The Balaban J connectivity index is 1.35. The van der Waals surface area contributed by atoms with E-state index in [1.807, 2.05) is 18.2 Å². The Morgan fingerprint density at radius 1 is 0.970 bits per heavy atom. The summed E-state index contributed by atoms with van der Waals surface area (Å²) in [6, 6.07) is 27.2. The van der Waals surface area contributed by atoms with Gasteiger partial charge in [0, 0.05) is 34.8 Å². The normalized spacial score (nSPS) is 11.4. The van der Waals surface area contributed by atoms with Gasteiger partial charge in [-0.15, -0.1) is 0 Å². The minimum atomic E-state index is -0.404. The molecule has 1 aromatic heterocycles. The van der Waals surface area contributed by atoms with Crippen LogP contribution in [0, 0.1) is 0 Å². The molecule has 0 unspecified atom stereocenters. The minimum Gasteiger partial charge on any atom is -0.506 e. The van der Waals surface area contributed by atoms with E-state index in [-0.39, 0.29) is 11.4 Å². The standard InChI is InChI=1S/C27H22N4O2/c28-24-15-21(10-11-26(24)32)27(33)30-29-16-22-6-3-7-25-23(22)12-13-31(25)17-18-8-9-19-4-1-2-5-20(19)14-18/h1-16,32H,17,28H2,(H,30,33)/b29-16+. The number of hydrogen-bond acceptors (Lipinski definition) is 4. The summed E-state index contributed by atoms with van der Waals surface area (Å²) < 4.78 is 2.20. The Bertz CT molecular complexity index is 1520. The molecule has 0 radical (unpaired) electrons. The number of nitrogens with one attached hydrogen (secondary N) is 1. The summed E-state index contributed by atoms with van der Waals surface area (Å²) >= 11 is 0. The van der Waals surface area contributed by atoms with E-state index >= 15 is 0 Å². The lowest BCUT2D eigenvalue weighted by molar-refractivity contribution is 0.0955. The number of anilines is 1. The lowest BCUT2D eigenvalue weighted by atomic mass is 10.1. The highest BCUT2D eigenvalue weighted by Crippen LogP contribution is 2.23. The molecule has 4 N–H and O–H groups in total. The molecule has 33 heavy (non-hydrogen) atoms. The van der Waals surface area contributed by atoms with Gasteiger partial charge in [0.2, 0.25) is 0 Å². The number of nitrogens with zero attached hydrogens (tertiary/aromatic N) is 2. The van der Waals surface area contributed by atoms with Gasteiger partial charge in [-0.25, -0.2) is 5.43 Å². The molecule has 0 spiro atoms. The van der Waals surface area contributed by atoms with Gasteiger partial charge in [0.1, 0.15) is 5.75 Å². The first-order valence-corrected chi connectivity index (χ1v) is 10.6. The summed E-state index contributed by atoms with van der Waals surface area (Å²) in [5.74, 6) is -0.464. The highest BCUT2D eigenvalue weighted by molar-refractivity contribution is 6.00. The molecule has 6 nitrogen and oxygen atoms in total. The number of phenolic OH excluding ortho intramolecular Hbond substituents is 1. The summed E-state index contributed by atoms with van der Waals surface area (Å²) in [6.07, 6.45) is 3.69. The number of hydrogen-bond donors (Lipinski definition) is 3. The third-order valence-electron chi connectivity index (χ3n) is 5.67. The lowest BCUT2D eigenvalue weighted by Crippen LogP contribution is -2.17. The van der Waals surface area contributed by atoms with Crippen LogP contribution in [0.15, 0.2) is 96.2 Å². The second-order valence-corrected chi connectivity index (χ2v) is 7.88. The van der Waals surface area contributed by atoms with E-state index in [1.54, 1.807) is 6.21 Å². The molecular formula is C27H22N4O2. The van der Waals surface area contributed by atoms with Gasteiger partial charge in [0.05, 0.1) is 11.9 Å². The van der Waals surface area contributed by atoms with Crippen LogP contribution in [0.2, 0.25) is 0 Å². The molecule has 1 amide bonds. The Labute approximate surface area is 190 Å². The van der Waals surface area contributed by atoms with Gasteiger partial charge in [-0.05, 0) is 52.7 Å². The van der Waals surface area contributed by atoms with Crippen LogP contribution in [0.1, 0.15) is 21.5 Å². The predicted octanol–water partition coefficient (Wildman–Crippen LogP) is 4.89. The Hall–Kier alpha value is -4.58. The molecule has 0 aliphatic rings. The Morgan fingerprint density at radius 2 is 1.82 bits per heavy atom. The van der Waals surface area contributed by atoms with Crippen LogP contribution in [-0.2, 0) is 6.54 Å². The second-order valence-electron chi connectivity index (χ2n) is 7.88.